The minimum atomic E-state index is -0.218. The Morgan fingerprint density at radius 2 is 1.96 bits per heavy atom. The number of anilines is 1. The Hall–Kier alpha value is -2.97. The van der Waals surface area contributed by atoms with E-state index >= 15 is 0 Å². The second-order valence-electron chi connectivity index (χ2n) is 4.92. The number of hydrogen-bond donors (Lipinski definition) is 1. The number of nitriles is 1. The molecule has 0 spiro atoms. The summed E-state index contributed by atoms with van der Waals surface area (Å²) in [5.74, 6) is -0.218. The molecule has 0 aliphatic carbocycles. The number of rotatable bonds is 3. The first kappa shape index (κ1) is 14.9. The van der Waals surface area contributed by atoms with Crippen molar-refractivity contribution in [1.82, 2.24) is 4.98 Å². The fraction of sp³-hybridized carbons (Fsp3) is 0.0556. The van der Waals surface area contributed by atoms with Crippen LogP contribution in [-0.4, -0.2) is 10.9 Å². The maximum atomic E-state index is 12.6. The quantitative estimate of drug-likeness (QED) is 0.785. The summed E-state index contributed by atoms with van der Waals surface area (Å²) in [4.78, 5) is 17.6. The van der Waals surface area contributed by atoms with Gasteiger partial charge in [0.2, 0.25) is 0 Å². The molecule has 0 bridgehead atoms. The molecule has 0 saturated carbocycles. The molecule has 4 nitrogen and oxygen atoms in total. The van der Waals surface area contributed by atoms with E-state index in [-0.39, 0.29) is 5.91 Å². The minimum Gasteiger partial charge on any atom is -0.321 e. The smallest absolute Gasteiger partial charge is 0.268 e. The lowest BCUT2D eigenvalue weighted by Crippen LogP contribution is -2.11. The zero-order valence-electron chi connectivity index (χ0n) is 12.4. The number of nitrogens with zero attached hydrogens (tertiary/aromatic N) is 2. The molecule has 1 heterocycles. The molecule has 0 unspecified atom stereocenters. The topological polar surface area (TPSA) is 65.8 Å². The highest BCUT2D eigenvalue weighted by atomic mass is 32.1. The molecular formula is C18H13N3OS. The SMILES string of the molecule is Cc1nc(-c2ccccc2)c(C(=O)Nc2cccc(C#N)c2)s1. The van der Waals surface area contributed by atoms with Crippen molar-refractivity contribution in [2.75, 3.05) is 5.32 Å². The van der Waals surface area contributed by atoms with Crippen LogP contribution in [0.25, 0.3) is 11.3 Å². The Labute approximate surface area is 138 Å². The zero-order valence-corrected chi connectivity index (χ0v) is 13.2. The monoisotopic (exact) mass is 319 g/mol. The van der Waals surface area contributed by atoms with Gasteiger partial charge >= 0.3 is 0 Å². The molecule has 0 atom stereocenters. The van der Waals surface area contributed by atoms with Crippen LogP contribution in [0.3, 0.4) is 0 Å². The molecule has 0 fully saturated rings. The van der Waals surface area contributed by atoms with E-state index in [9.17, 15) is 4.79 Å². The minimum absolute atomic E-state index is 0.218. The number of aromatic nitrogens is 1. The molecule has 3 aromatic rings. The highest BCUT2D eigenvalue weighted by molar-refractivity contribution is 7.14. The van der Waals surface area contributed by atoms with Gasteiger partial charge in [-0.2, -0.15) is 5.26 Å². The number of carbonyl (C=O) groups excluding carboxylic acids is 1. The van der Waals surface area contributed by atoms with Crippen molar-refractivity contribution >= 4 is 22.9 Å². The third kappa shape index (κ3) is 3.28. The Morgan fingerprint density at radius 1 is 1.17 bits per heavy atom. The third-order valence-corrected chi connectivity index (χ3v) is 4.21. The van der Waals surface area contributed by atoms with Crippen LogP contribution >= 0.6 is 11.3 Å². The summed E-state index contributed by atoms with van der Waals surface area (Å²) in [6, 6.07) is 18.5. The molecule has 112 valence electrons. The van der Waals surface area contributed by atoms with E-state index in [4.69, 9.17) is 5.26 Å². The van der Waals surface area contributed by atoms with E-state index in [0.717, 1.165) is 10.6 Å². The van der Waals surface area contributed by atoms with Gasteiger partial charge in [0.25, 0.3) is 5.91 Å². The molecule has 0 saturated heterocycles. The highest BCUT2D eigenvalue weighted by Gasteiger charge is 2.18. The number of amides is 1. The summed E-state index contributed by atoms with van der Waals surface area (Å²) in [6.07, 6.45) is 0. The van der Waals surface area contributed by atoms with Gasteiger partial charge in [0.1, 0.15) is 4.88 Å². The normalized spacial score (nSPS) is 10.1. The van der Waals surface area contributed by atoms with Gasteiger partial charge in [-0.25, -0.2) is 4.98 Å². The van der Waals surface area contributed by atoms with E-state index < -0.39 is 0 Å². The lowest BCUT2D eigenvalue weighted by atomic mass is 10.1. The average molecular weight is 319 g/mol. The van der Waals surface area contributed by atoms with Crippen molar-refractivity contribution < 1.29 is 4.79 Å². The summed E-state index contributed by atoms with van der Waals surface area (Å²) in [7, 11) is 0. The fourth-order valence-electron chi connectivity index (χ4n) is 2.23. The summed E-state index contributed by atoms with van der Waals surface area (Å²) in [6.45, 7) is 1.88. The molecule has 1 N–H and O–H groups in total. The van der Waals surface area contributed by atoms with Crippen LogP contribution in [0, 0.1) is 18.3 Å². The molecule has 0 aliphatic rings. The first-order valence-corrected chi connectivity index (χ1v) is 7.83. The van der Waals surface area contributed by atoms with Crippen LogP contribution in [0.15, 0.2) is 54.6 Å². The van der Waals surface area contributed by atoms with Crippen molar-refractivity contribution in [1.29, 1.82) is 5.26 Å². The largest absolute Gasteiger partial charge is 0.321 e. The number of thiazole rings is 1. The first-order valence-electron chi connectivity index (χ1n) is 7.02. The summed E-state index contributed by atoms with van der Waals surface area (Å²) >= 11 is 1.36. The molecule has 3 rings (SSSR count). The molecule has 1 amide bonds. The predicted octanol–water partition coefficient (Wildman–Crippen LogP) is 4.24. The van der Waals surface area contributed by atoms with Gasteiger partial charge in [-0.15, -0.1) is 11.3 Å². The second-order valence-corrected chi connectivity index (χ2v) is 6.13. The van der Waals surface area contributed by atoms with Crippen LogP contribution in [0.4, 0.5) is 5.69 Å². The average Bonchev–Trinajstić information content (AvgIpc) is 2.98. The van der Waals surface area contributed by atoms with Crippen molar-refractivity contribution in [3.8, 4) is 17.3 Å². The maximum absolute atomic E-state index is 12.6. The van der Waals surface area contributed by atoms with Gasteiger partial charge < -0.3 is 5.32 Å². The van der Waals surface area contributed by atoms with Gasteiger partial charge in [-0.3, -0.25) is 4.79 Å². The van der Waals surface area contributed by atoms with Gasteiger partial charge in [0.05, 0.1) is 22.3 Å². The first-order chi connectivity index (χ1) is 11.2. The molecular weight excluding hydrogens is 306 g/mol. The Morgan fingerprint density at radius 3 is 2.70 bits per heavy atom. The van der Waals surface area contributed by atoms with Gasteiger partial charge in [-0.05, 0) is 25.1 Å². The van der Waals surface area contributed by atoms with Crippen molar-refractivity contribution in [3.63, 3.8) is 0 Å². The number of benzene rings is 2. The van der Waals surface area contributed by atoms with E-state index in [1.165, 1.54) is 11.3 Å². The number of aryl methyl sites for hydroxylation is 1. The molecule has 0 radical (unpaired) electrons. The van der Waals surface area contributed by atoms with Gasteiger partial charge in [0.15, 0.2) is 0 Å². The number of hydrogen-bond acceptors (Lipinski definition) is 4. The van der Waals surface area contributed by atoms with Crippen LogP contribution in [0.1, 0.15) is 20.2 Å². The Bertz CT molecular complexity index is 894. The maximum Gasteiger partial charge on any atom is 0.268 e. The van der Waals surface area contributed by atoms with Crippen molar-refractivity contribution in [2.45, 2.75) is 6.92 Å². The van der Waals surface area contributed by atoms with E-state index in [1.54, 1.807) is 24.3 Å². The summed E-state index contributed by atoms with van der Waals surface area (Å²) in [5.41, 5.74) is 2.69. The lowest BCUT2D eigenvalue weighted by Gasteiger charge is -2.05. The standard InChI is InChI=1S/C18H13N3OS/c1-12-20-16(14-7-3-2-4-8-14)17(23-12)18(22)21-15-9-5-6-13(10-15)11-19/h2-10H,1H3,(H,21,22). The van der Waals surface area contributed by atoms with E-state index in [1.807, 2.05) is 37.3 Å². The number of nitrogens with one attached hydrogen (secondary N) is 1. The molecule has 2 aromatic carbocycles. The fourth-order valence-corrected chi connectivity index (χ4v) is 3.06. The van der Waals surface area contributed by atoms with Gasteiger partial charge in [-0.1, -0.05) is 36.4 Å². The number of carbonyl (C=O) groups is 1. The van der Waals surface area contributed by atoms with E-state index in [0.29, 0.717) is 21.8 Å². The van der Waals surface area contributed by atoms with Crippen LogP contribution in [-0.2, 0) is 0 Å². The highest BCUT2D eigenvalue weighted by Crippen LogP contribution is 2.28. The van der Waals surface area contributed by atoms with Crippen LogP contribution < -0.4 is 5.32 Å². The van der Waals surface area contributed by atoms with Crippen molar-refractivity contribution in [2.24, 2.45) is 0 Å². The van der Waals surface area contributed by atoms with Crippen LogP contribution in [0.5, 0.6) is 0 Å². The Kier molecular flexibility index (Phi) is 4.18. The third-order valence-electron chi connectivity index (χ3n) is 3.24. The molecule has 1 aromatic heterocycles. The van der Waals surface area contributed by atoms with E-state index in [2.05, 4.69) is 16.4 Å². The van der Waals surface area contributed by atoms with Gasteiger partial charge in [0, 0.05) is 11.3 Å². The summed E-state index contributed by atoms with van der Waals surface area (Å²) in [5, 5.41) is 12.6. The van der Waals surface area contributed by atoms with Crippen LogP contribution in [0.2, 0.25) is 0 Å². The summed E-state index contributed by atoms with van der Waals surface area (Å²) < 4.78 is 0. The molecule has 23 heavy (non-hydrogen) atoms. The molecule has 5 heteroatoms. The Balaban J connectivity index is 1.93. The van der Waals surface area contributed by atoms with Crippen molar-refractivity contribution in [3.05, 3.63) is 70.0 Å². The second kappa shape index (κ2) is 6.42. The molecule has 0 aliphatic heterocycles. The zero-order chi connectivity index (χ0) is 16.2. The predicted molar refractivity (Wildman–Crippen MR) is 91.4 cm³/mol. The lowest BCUT2D eigenvalue weighted by molar-refractivity contribution is 0.103.